The van der Waals surface area contributed by atoms with Crippen LogP contribution in [-0.4, -0.2) is 108 Å². The molecule has 1 rings (SSSR count). The fraction of sp³-hybridized carbons (Fsp3) is 0.333. The van der Waals surface area contributed by atoms with E-state index < -0.39 is 12.0 Å². The van der Waals surface area contributed by atoms with E-state index in [9.17, 15) is 4.79 Å². The molecule has 0 fully saturated rings. The monoisotopic (exact) mass is 219 g/mol. The molecule has 64 valence electrons. The first kappa shape index (κ1) is 16.7. The van der Waals surface area contributed by atoms with Crippen molar-refractivity contribution in [1.82, 2.24) is 9.97 Å². The zero-order valence-electron chi connectivity index (χ0n) is 5.82. The van der Waals surface area contributed by atoms with Crippen LogP contribution in [0.2, 0.25) is 0 Å². The Labute approximate surface area is 141 Å². The van der Waals surface area contributed by atoms with E-state index in [1.165, 1.54) is 6.33 Å². The molecule has 1 aromatic rings. The Balaban J connectivity index is 0. The molecule has 0 aromatic carbocycles. The Morgan fingerprint density at radius 3 is 2.77 bits per heavy atom. The van der Waals surface area contributed by atoms with Crippen molar-refractivity contribution >= 4 is 86.9 Å². The number of carbonyl (C=O) groups is 1. The van der Waals surface area contributed by atoms with E-state index in [1.54, 1.807) is 6.20 Å². The summed E-state index contributed by atoms with van der Waals surface area (Å²) in [5.41, 5.74) is 6.00. The van der Waals surface area contributed by atoms with Crippen LogP contribution in [0.25, 0.3) is 0 Å². The van der Waals surface area contributed by atoms with E-state index in [1.807, 2.05) is 0 Å². The molecule has 5 nitrogen and oxygen atoms in total. The van der Waals surface area contributed by atoms with Crippen molar-refractivity contribution in [2.24, 2.45) is 5.73 Å². The number of aromatic nitrogens is 2. The van der Waals surface area contributed by atoms with Crippen molar-refractivity contribution in [3.63, 3.8) is 0 Å². The average Bonchev–Trinajstić information content (AvgIpc) is 2.39. The molecule has 0 amide bonds. The summed E-state index contributed by atoms with van der Waals surface area (Å²) in [6.45, 7) is 0. The van der Waals surface area contributed by atoms with Crippen molar-refractivity contribution in [2.45, 2.75) is 12.5 Å². The summed E-state index contributed by atoms with van der Waals surface area (Å²) in [7, 11) is 0. The quantitative estimate of drug-likeness (QED) is 0.516. The number of H-pyrrole nitrogens is 1. The second-order valence-electron chi connectivity index (χ2n) is 2.23. The Morgan fingerprint density at radius 2 is 2.38 bits per heavy atom. The van der Waals surface area contributed by atoms with Crippen LogP contribution < -0.4 is 5.73 Å². The van der Waals surface area contributed by atoms with Gasteiger partial charge in [0.2, 0.25) is 0 Å². The van der Waals surface area contributed by atoms with Crippen LogP contribution in [0.5, 0.6) is 0 Å². The third-order valence-corrected chi connectivity index (χ3v) is 1.31. The van der Waals surface area contributed by atoms with Gasteiger partial charge in [-0.1, -0.05) is 0 Å². The second-order valence-corrected chi connectivity index (χ2v) is 2.23. The Kier molecular flexibility index (Phi) is 11.0. The number of rotatable bonds is 3. The maximum atomic E-state index is 10.3. The molecule has 0 aliphatic carbocycles. The normalized spacial score (nSPS) is 10.8. The molecule has 1 atom stereocenters. The molecule has 1 aromatic heterocycles. The molecule has 0 saturated heterocycles. The summed E-state index contributed by atoms with van der Waals surface area (Å²) >= 11 is 0. The van der Waals surface area contributed by atoms with Gasteiger partial charge in [-0.15, -0.1) is 0 Å². The third kappa shape index (κ3) is 6.37. The van der Waals surface area contributed by atoms with E-state index >= 15 is 0 Å². The van der Waals surface area contributed by atoms with Crippen LogP contribution in [0, 0.1) is 0 Å². The van der Waals surface area contributed by atoms with Gasteiger partial charge in [-0.05, 0) is 0 Å². The Hall–Kier alpha value is 1.28. The summed E-state index contributed by atoms with van der Waals surface area (Å²) < 4.78 is 0. The van der Waals surface area contributed by atoms with Crippen molar-refractivity contribution < 1.29 is 9.90 Å². The molecule has 13 heavy (non-hydrogen) atoms. The molecular formula is C6H11KN3NaO2. The fourth-order valence-electron chi connectivity index (χ4n) is 0.721. The van der Waals surface area contributed by atoms with E-state index in [-0.39, 0.29) is 87.4 Å². The number of imidazole rings is 1. The number of aromatic amines is 1. The molecule has 1 heterocycles. The summed E-state index contributed by atoms with van der Waals surface area (Å²) in [6.07, 6.45) is 3.34. The molecule has 0 spiro atoms. The zero-order chi connectivity index (χ0) is 8.27. The molecule has 0 aliphatic rings. The summed E-state index contributed by atoms with van der Waals surface area (Å²) in [5.74, 6) is -1.00. The Morgan fingerprint density at radius 1 is 1.77 bits per heavy atom. The van der Waals surface area contributed by atoms with Gasteiger partial charge < -0.3 is 15.8 Å². The number of carboxylic acid groups (broad SMARTS) is 1. The van der Waals surface area contributed by atoms with Gasteiger partial charge in [-0.2, -0.15) is 0 Å². The summed E-state index contributed by atoms with van der Waals surface area (Å²) in [4.78, 5) is 16.8. The number of nitrogens with one attached hydrogen (secondary N) is 1. The van der Waals surface area contributed by atoms with Gasteiger partial charge in [0.25, 0.3) is 0 Å². The number of nitrogens with two attached hydrogens (primary N) is 1. The first-order chi connectivity index (χ1) is 5.20. The van der Waals surface area contributed by atoms with Crippen LogP contribution in [0.4, 0.5) is 0 Å². The predicted molar refractivity (Wildman–Crippen MR) is 52.2 cm³/mol. The van der Waals surface area contributed by atoms with Crippen molar-refractivity contribution in [3.8, 4) is 0 Å². The minimum atomic E-state index is -1.00. The molecular weight excluding hydrogens is 208 g/mol. The number of hydrogen-bond acceptors (Lipinski definition) is 3. The molecule has 0 aliphatic heterocycles. The third-order valence-electron chi connectivity index (χ3n) is 1.31. The van der Waals surface area contributed by atoms with Crippen molar-refractivity contribution in [2.75, 3.05) is 0 Å². The second kappa shape index (κ2) is 8.57. The van der Waals surface area contributed by atoms with Gasteiger partial charge in [-0.3, -0.25) is 4.79 Å². The van der Waals surface area contributed by atoms with Crippen LogP contribution >= 0.6 is 0 Å². The van der Waals surface area contributed by atoms with Gasteiger partial charge >= 0.3 is 86.9 Å². The van der Waals surface area contributed by atoms with Gasteiger partial charge in [0.15, 0.2) is 0 Å². The molecule has 0 unspecified atom stereocenters. The van der Waals surface area contributed by atoms with Crippen LogP contribution in [0.15, 0.2) is 12.5 Å². The number of hydrogen-bond donors (Lipinski definition) is 3. The zero-order valence-corrected chi connectivity index (χ0v) is 5.82. The standard InChI is InChI=1S/C6H9N3O2.K.Na.2H/c7-5(6(10)11)1-4-2-8-3-9-4;;;;/h2-3,5H,1,7H2,(H,8,9)(H,10,11);;;;/t5-;;;;/m0..../s1. The van der Waals surface area contributed by atoms with Crippen molar-refractivity contribution in [3.05, 3.63) is 18.2 Å². The van der Waals surface area contributed by atoms with E-state index in [4.69, 9.17) is 10.8 Å². The van der Waals surface area contributed by atoms with Gasteiger partial charge in [0, 0.05) is 18.3 Å². The first-order valence-electron chi connectivity index (χ1n) is 3.16. The number of carboxylic acids is 1. The molecule has 0 bridgehead atoms. The van der Waals surface area contributed by atoms with Gasteiger partial charge in [-0.25, -0.2) is 4.98 Å². The molecule has 4 N–H and O–H groups in total. The number of nitrogens with zero attached hydrogens (tertiary/aromatic N) is 1. The van der Waals surface area contributed by atoms with Crippen LogP contribution in [0.3, 0.4) is 0 Å². The van der Waals surface area contributed by atoms with E-state index in [0.717, 1.165) is 5.69 Å². The molecule has 7 heteroatoms. The van der Waals surface area contributed by atoms with E-state index in [2.05, 4.69) is 9.97 Å². The average molecular weight is 219 g/mol. The van der Waals surface area contributed by atoms with Gasteiger partial charge in [0.05, 0.1) is 6.33 Å². The SMILES string of the molecule is N[C@@H](Cc1cnc[nH]1)C(=O)O.[KH].[NaH]. The topological polar surface area (TPSA) is 92.0 Å². The molecule has 0 saturated carbocycles. The van der Waals surface area contributed by atoms with Crippen LogP contribution in [-0.2, 0) is 11.2 Å². The predicted octanol–water partition coefficient (Wildman–Crippen LogP) is -1.93. The maximum absolute atomic E-state index is 10.3. The minimum absolute atomic E-state index is 0. The van der Waals surface area contributed by atoms with Gasteiger partial charge in [0.1, 0.15) is 6.04 Å². The van der Waals surface area contributed by atoms with E-state index in [0.29, 0.717) is 0 Å². The Bertz CT molecular complexity index is 242. The number of aliphatic carboxylic acids is 1. The molecule has 0 radical (unpaired) electrons. The first-order valence-corrected chi connectivity index (χ1v) is 3.16. The summed E-state index contributed by atoms with van der Waals surface area (Å²) in [5, 5.41) is 8.42. The fourth-order valence-corrected chi connectivity index (χ4v) is 0.721. The summed E-state index contributed by atoms with van der Waals surface area (Å²) in [6, 6.07) is -0.851. The van der Waals surface area contributed by atoms with Crippen LogP contribution in [0.1, 0.15) is 5.69 Å². The van der Waals surface area contributed by atoms with Crippen molar-refractivity contribution in [1.29, 1.82) is 0 Å².